The molecule has 4 nitrogen and oxygen atoms in total. The number of aryl methyl sites for hydroxylation is 1. The monoisotopic (exact) mass is 193 g/mol. The summed E-state index contributed by atoms with van der Waals surface area (Å²) in [6.45, 7) is 4.43. The second-order valence-electron chi connectivity index (χ2n) is 2.78. The number of allylic oxidation sites excluding steroid dienone is 1. The number of rotatable bonds is 4. The van der Waals surface area contributed by atoms with E-state index in [2.05, 4.69) is 9.97 Å². The molecule has 4 heteroatoms. The molecule has 0 fully saturated rings. The van der Waals surface area contributed by atoms with Crippen LogP contribution < -0.4 is 10.5 Å². The van der Waals surface area contributed by atoms with Crippen molar-refractivity contribution in [1.29, 1.82) is 0 Å². The smallest absolute Gasteiger partial charge is 0.219 e. The van der Waals surface area contributed by atoms with Crippen LogP contribution in [0.1, 0.15) is 19.7 Å². The van der Waals surface area contributed by atoms with Gasteiger partial charge in [0, 0.05) is 12.5 Å². The Balaban J connectivity index is 2.71. The van der Waals surface area contributed by atoms with Gasteiger partial charge in [0.2, 0.25) is 5.88 Å². The van der Waals surface area contributed by atoms with E-state index < -0.39 is 0 Å². The molecule has 0 unspecified atom stereocenters. The van der Waals surface area contributed by atoms with Crippen LogP contribution in [0.25, 0.3) is 0 Å². The van der Waals surface area contributed by atoms with E-state index >= 15 is 0 Å². The van der Waals surface area contributed by atoms with Crippen LogP contribution in [0, 0.1) is 0 Å². The molecule has 0 aliphatic rings. The molecule has 0 saturated carbocycles. The zero-order valence-corrected chi connectivity index (χ0v) is 8.53. The molecule has 1 aromatic rings. The SMILES string of the molecule is C/C=C/COc1cc(N)nc(CC)n1. The lowest BCUT2D eigenvalue weighted by Crippen LogP contribution is -2.03. The van der Waals surface area contributed by atoms with E-state index in [1.165, 1.54) is 0 Å². The maximum atomic E-state index is 5.59. The number of hydrogen-bond donors (Lipinski definition) is 1. The van der Waals surface area contributed by atoms with Crippen LogP contribution in [-0.2, 0) is 6.42 Å². The van der Waals surface area contributed by atoms with Crippen molar-refractivity contribution in [2.75, 3.05) is 12.3 Å². The van der Waals surface area contributed by atoms with E-state index in [-0.39, 0.29) is 0 Å². The third-order valence-corrected chi connectivity index (χ3v) is 1.65. The number of nitrogen functional groups attached to an aromatic ring is 1. The molecular formula is C10H15N3O. The summed E-state index contributed by atoms with van der Waals surface area (Å²) in [5.41, 5.74) is 5.59. The van der Waals surface area contributed by atoms with Crippen molar-refractivity contribution in [2.45, 2.75) is 20.3 Å². The maximum Gasteiger partial charge on any atom is 0.219 e. The van der Waals surface area contributed by atoms with Gasteiger partial charge in [-0.25, -0.2) is 4.98 Å². The molecule has 14 heavy (non-hydrogen) atoms. The Labute approximate surface area is 83.8 Å². The molecule has 0 amide bonds. The Morgan fingerprint density at radius 2 is 2.29 bits per heavy atom. The first-order valence-electron chi connectivity index (χ1n) is 4.63. The summed E-state index contributed by atoms with van der Waals surface area (Å²) in [7, 11) is 0. The first kappa shape index (κ1) is 10.5. The van der Waals surface area contributed by atoms with Crippen LogP contribution in [-0.4, -0.2) is 16.6 Å². The number of anilines is 1. The minimum absolute atomic E-state index is 0.451. The van der Waals surface area contributed by atoms with Crippen molar-refractivity contribution in [2.24, 2.45) is 0 Å². The van der Waals surface area contributed by atoms with Crippen molar-refractivity contribution in [3.8, 4) is 5.88 Å². The average molecular weight is 193 g/mol. The minimum Gasteiger partial charge on any atom is -0.473 e. The minimum atomic E-state index is 0.451. The lowest BCUT2D eigenvalue weighted by atomic mass is 10.4. The van der Waals surface area contributed by atoms with E-state index in [1.54, 1.807) is 6.07 Å². The Bertz CT molecular complexity index is 323. The normalized spacial score (nSPS) is 10.7. The zero-order valence-electron chi connectivity index (χ0n) is 8.53. The highest BCUT2D eigenvalue weighted by Gasteiger charge is 2.00. The summed E-state index contributed by atoms with van der Waals surface area (Å²) >= 11 is 0. The third kappa shape index (κ3) is 3.05. The molecule has 0 aromatic carbocycles. The predicted molar refractivity (Wildman–Crippen MR) is 56.1 cm³/mol. The van der Waals surface area contributed by atoms with Crippen molar-refractivity contribution in [3.63, 3.8) is 0 Å². The Hall–Kier alpha value is -1.58. The molecule has 0 radical (unpaired) electrons. The molecular weight excluding hydrogens is 178 g/mol. The van der Waals surface area contributed by atoms with Gasteiger partial charge in [-0.05, 0) is 6.92 Å². The second kappa shape index (κ2) is 5.21. The summed E-state index contributed by atoms with van der Waals surface area (Å²) in [6.07, 6.45) is 4.58. The quantitative estimate of drug-likeness (QED) is 0.737. The van der Waals surface area contributed by atoms with Gasteiger partial charge in [0.25, 0.3) is 0 Å². The Morgan fingerprint density at radius 1 is 1.50 bits per heavy atom. The summed E-state index contributed by atoms with van der Waals surface area (Å²) in [5, 5.41) is 0. The zero-order chi connectivity index (χ0) is 10.4. The van der Waals surface area contributed by atoms with Gasteiger partial charge in [-0.15, -0.1) is 0 Å². The van der Waals surface area contributed by atoms with E-state index in [0.717, 1.165) is 6.42 Å². The molecule has 1 aromatic heterocycles. The van der Waals surface area contributed by atoms with Gasteiger partial charge in [-0.3, -0.25) is 0 Å². The van der Waals surface area contributed by atoms with E-state index in [0.29, 0.717) is 24.1 Å². The number of ether oxygens (including phenoxy) is 1. The predicted octanol–water partition coefficient (Wildman–Crippen LogP) is 1.58. The van der Waals surface area contributed by atoms with Crippen LogP contribution in [0.15, 0.2) is 18.2 Å². The van der Waals surface area contributed by atoms with Crippen LogP contribution in [0.4, 0.5) is 5.82 Å². The molecule has 2 N–H and O–H groups in total. The molecule has 1 rings (SSSR count). The average Bonchev–Trinajstić information content (AvgIpc) is 2.17. The van der Waals surface area contributed by atoms with Crippen molar-refractivity contribution < 1.29 is 4.74 Å². The molecule has 0 atom stereocenters. The highest BCUT2D eigenvalue weighted by atomic mass is 16.5. The first-order chi connectivity index (χ1) is 6.76. The van der Waals surface area contributed by atoms with E-state index in [9.17, 15) is 0 Å². The summed E-state index contributed by atoms with van der Waals surface area (Å²) < 4.78 is 5.35. The standard InChI is InChI=1S/C10H15N3O/c1-3-5-6-14-10-7-8(11)12-9(4-2)13-10/h3,5,7H,4,6H2,1-2H3,(H2,11,12,13)/b5-3+. The molecule has 0 aliphatic heterocycles. The van der Waals surface area contributed by atoms with Crippen LogP contribution in [0.2, 0.25) is 0 Å². The number of hydrogen-bond acceptors (Lipinski definition) is 4. The molecule has 0 spiro atoms. The molecule has 0 saturated heterocycles. The first-order valence-corrected chi connectivity index (χ1v) is 4.63. The van der Waals surface area contributed by atoms with Crippen molar-refractivity contribution in [1.82, 2.24) is 9.97 Å². The van der Waals surface area contributed by atoms with Gasteiger partial charge in [0.05, 0.1) is 0 Å². The summed E-state index contributed by atoms with van der Waals surface area (Å²) in [4.78, 5) is 8.23. The molecule has 0 bridgehead atoms. The fourth-order valence-electron chi connectivity index (χ4n) is 0.954. The van der Waals surface area contributed by atoms with Crippen LogP contribution in [0.3, 0.4) is 0 Å². The van der Waals surface area contributed by atoms with Crippen LogP contribution >= 0.6 is 0 Å². The fourth-order valence-corrected chi connectivity index (χ4v) is 0.954. The van der Waals surface area contributed by atoms with Gasteiger partial charge in [0.1, 0.15) is 18.2 Å². The van der Waals surface area contributed by atoms with E-state index in [1.807, 2.05) is 26.0 Å². The largest absolute Gasteiger partial charge is 0.473 e. The van der Waals surface area contributed by atoms with Crippen LogP contribution in [0.5, 0.6) is 5.88 Å². The Kier molecular flexibility index (Phi) is 3.91. The maximum absolute atomic E-state index is 5.59. The molecule has 76 valence electrons. The van der Waals surface area contributed by atoms with Crippen molar-refractivity contribution >= 4 is 5.82 Å². The summed E-state index contributed by atoms with van der Waals surface area (Å²) in [6, 6.07) is 1.63. The topological polar surface area (TPSA) is 61.0 Å². The second-order valence-corrected chi connectivity index (χ2v) is 2.78. The lowest BCUT2D eigenvalue weighted by Gasteiger charge is -2.04. The Morgan fingerprint density at radius 3 is 2.93 bits per heavy atom. The summed E-state index contributed by atoms with van der Waals surface area (Å²) in [5.74, 6) is 1.69. The van der Waals surface area contributed by atoms with Gasteiger partial charge < -0.3 is 10.5 Å². The number of aromatic nitrogens is 2. The fraction of sp³-hybridized carbons (Fsp3) is 0.400. The van der Waals surface area contributed by atoms with Crippen molar-refractivity contribution in [3.05, 3.63) is 24.0 Å². The molecule has 1 heterocycles. The third-order valence-electron chi connectivity index (χ3n) is 1.65. The lowest BCUT2D eigenvalue weighted by molar-refractivity contribution is 0.346. The van der Waals surface area contributed by atoms with Gasteiger partial charge >= 0.3 is 0 Å². The highest BCUT2D eigenvalue weighted by molar-refractivity contribution is 5.32. The van der Waals surface area contributed by atoms with Gasteiger partial charge in [-0.2, -0.15) is 4.98 Å². The van der Waals surface area contributed by atoms with Gasteiger partial charge in [0.15, 0.2) is 0 Å². The highest BCUT2D eigenvalue weighted by Crippen LogP contribution is 2.10. The molecule has 0 aliphatic carbocycles. The van der Waals surface area contributed by atoms with Gasteiger partial charge in [-0.1, -0.05) is 19.1 Å². The number of nitrogens with two attached hydrogens (primary N) is 1. The van der Waals surface area contributed by atoms with E-state index in [4.69, 9.17) is 10.5 Å². The number of nitrogens with zero attached hydrogens (tertiary/aromatic N) is 2.